The lowest BCUT2D eigenvalue weighted by atomic mass is 9.92. The standard InChI is InChI=1S/C25H36N6O2S/c1-6-33-10-9-27-25-28-16(4)22(24-30-20-12-18(26-5)7-8-21(20)34-24)23(31-25)29-19-11-17(13-32)14(2)15(19)3/h7-8,12,14-15,17,19,26,32H,6,9-11,13H2,1-5H3,(H2,27,28,29,31)/t14-,15+,17+,19+/m0/s1. The van der Waals surface area contributed by atoms with Crippen LogP contribution in [-0.4, -0.2) is 59.5 Å². The number of ether oxygens (including phenoxy) is 1. The molecule has 0 aliphatic heterocycles. The first-order valence-corrected chi connectivity index (χ1v) is 12.9. The van der Waals surface area contributed by atoms with Gasteiger partial charge in [0.2, 0.25) is 5.95 Å². The third-order valence-corrected chi connectivity index (χ3v) is 8.09. The molecule has 1 saturated carbocycles. The molecular weight excluding hydrogens is 448 g/mol. The molecule has 4 atom stereocenters. The molecule has 4 N–H and O–H groups in total. The number of anilines is 3. The van der Waals surface area contributed by atoms with Gasteiger partial charge in [-0.05, 0) is 56.2 Å². The van der Waals surface area contributed by atoms with Gasteiger partial charge in [0.1, 0.15) is 10.8 Å². The summed E-state index contributed by atoms with van der Waals surface area (Å²) >= 11 is 1.65. The summed E-state index contributed by atoms with van der Waals surface area (Å²) < 4.78 is 6.57. The van der Waals surface area contributed by atoms with Crippen LogP contribution in [0.1, 0.15) is 32.9 Å². The van der Waals surface area contributed by atoms with E-state index in [2.05, 4.69) is 48.0 Å². The molecule has 2 heterocycles. The topological polar surface area (TPSA) is 104 Å². The minimum absolute atomic E-state index is 0.218. The predicted octanol–water partition coefficient (Wildman–Crippen LogP) is 4.62. The molecule has 0 spiro atoms. The number of fused-ring (bicyclic) bond motifs is 1. The number of benzene rings is 1. The van der Waals surface area contributed by atoms with Gasteiger partial charge < -0.3 is 25.8 Å². The molecule has 0 amide bonds. The third-order valence-electron chi connectivity index (χ3n) is 7.03. The number of nitrogens with zero attached hydrogens (tertiary/aromatic N) is 3. The van der Waals surface area contributed by atoms with Crippen LogP contribution < -0.4 is 16.0 Å². The first kappa shape index (κ1) is 24.6. The zero-order valence-corrected chi connectivity index (χ0v) is 21.5. The van der Waals surface area contributed by atoms with Crippen LogP contribution in [0.4, 0.5) is 17.5 Å². The normalized spacial score (nSPS) is 22.3. The highest BCUT2D eigenvalue weighted by Gasteiger charge is 2.38. The summed E-state index contributed by atoms with van der Waals surface area (Å²) in [5, 5.41) is 20.9. The summed E-state index contributed by atoms with van der Waals surface area (Å²) in [4.78, 5) is 14.6. The van der Waals surface area contributed by atoms with Crippen molar-refractivity contribution in [2.75, 3.05) is 49.4 Å². The second-order valence-corrected chi connectivity index (χ2v) is 10.1. The van der Waals surface area contributed by atoms with E-state index in [0.717, 1.165) is 44.4 Å². The minimum atomic E-state index is 0.218. The molecule has 3 aromatic rings. The number of nitrogens with one attached hydrogen (secondary N) is 3. The van der Waals surface area contributed by atoms with E-state index in [1.165, 1.54) is 0 Å². The van der Waals surface area contributed by atoms with Gasteiger partial charge in [-0.3, -0.25) is 0 Å². The van der Waals surface area contributed by atoms with Crippen molar-refractivity contribution < 1.29 is 9.84 Å². The van der Waals surface area contributed by atoms with Gasteiger partial charge in [0.15, 0.2) is 0 Å². The van der Waals surface area contributed by atoms with Crippen molar-refractivity contribution in [1.29, 1.82) is 0 Å². The summed E-state index contributed by atoms with van der Waals surface area (Å²) in [5.41, 5.74) is 3.81. The molecule has 1 aliphatic carbocycles. The Balaban J connectivity index is 1.71. The van der Waals surface area contributed by atoms with Gasteiger partial charge in [-0.25, -0.2) is 9.97 Å². The van der Waals surface area contributed by atoms with Crippen LogP contribution in [-0.2, 0) is 4.74 Å². The van der Waals surface area contributed by atoms with Gasteiger partial charge in [0.05, 0.1) is 28.1 Å². The summed E-state index contributed by atoms with van der Waals surface area (Å²) in [6.45, 7) is 10.6. The number of hydrogen-bond acceptors (Lipinski definition) is 9. The highest BCUT2D eigenvalue weighted by molar-refractivity contribution is 7.21. The zero-order valence-electron chi connectivity index (χ0n) is 20.7. The van der Waals surface area contributed by atoms with E-state index in [-0.39, 0.29) is 12.6 Å². The highest BCUT2D eigenvalue weighted by atomic mass is 32.1. The van der Waals surface area contributed by atoms with Crippen molar-refractivity contribution in [2.24, 2.45) is 17.8 Å². The second-order valence-electron chi connectivity index (χ2n) is 9.08. The molecule has 0 radical (unpaired) electrons. The van der Waals surface area contributed by atoms with Gasteiger partial charge in [0, 0.05) is 38.5 Å². The summed E-state index contributed by atoms with van der Waals surface area (Å²) in [5.74, 6) is 2.54. The maximum Gasteiger partial charge on any atom is 0.224 e. The van der Waals surface area contributed by atoms with Crippen molar-refractivity contribution in [3.63, 3.8) is 0 Å². The number of aliphatic hydroxyl groups is 1. The molecule has 184 valence electrons. The first-order chi connectivity index (χ1) is 16.4. The first-order valence-electron chi connectivity index (χ1n) is 12.1. The fourth-order valence-corrected chi connectivity index (χ4v) is 5.78. The van der Waals surface area contributed by atoms with Crippen LogP contribution in [0.5, 0.6) is 0 Å². The fraction of sp³-hybridized carbons (Fsp3) is 0.560. The van der Waals surface area contributed by atoms with Crippen LogP contribution in [0.3, 0.4) is 0 Å². The van der Waals surface area contributed by atoms with E-state index >= 15 is 0 Å². The zero-order chi connectivity index (χ0) is 24.2. The van der Waals surface area contributed by atoms with Gasteiger partial charge in [-0.1, -0.05) is 13.8 Å². The largest absolute Gasteiger partial charge is 0.396 e. The SMILES string of the molecule is CCOCCNc1nc(C)c(-c2nc3cc(NC)ccc3s2)c(N[C@@H]2C[C@H](CO)[C@@H](C)[C@H]2C)n1. The predicted molar refractivity (Wildman–Crippen MR) is 141 cm³/mol. The number of hydrogen-bond donors (Lipinski definition) is 4. The van der Waals surface area contributed by atoms with E-state index in [1.54, 1.807) is 11.3 Å². The molecule has 0 unspecified atom stereocenters. The Hall–Kier alpha value is -2.49. The lowest BCUT2D eigenvalue weighted by Gasteiger charge is -2.22. The Labute approximate surface area is 205 Å². The van der Waals surface area contributed by atoms with Crippen LogP contribution in [0.2, 0.25) is 0 Å². The molecule has 8 nitrogen and oxygen atoms in total. The molecule has 1 fully saturated rings. The van der Waals surface area contributed by atoms with Gasteiger partial charge in [-0.15, -0.1) is 11.3 Å². The monoisotopic (exact) mass is 484 g/mol. The summed E-state index contributed by atoms with van der Waals surface area (Å²) in [7, 11) is 1.91. The molecule has 1 aromatic carbocycles. The van der Waals surface area contributed by atoms with Crippen molar-refractivity contribution in [2.45, 2.75) is 40.2 Å². The maximum absolute atomic E-state index is 9.83. The molecule has 34 heavy (non-hydrogen) atoms. The number of aryl methyl sites for hydroxylation is 1. The Morgan fingerprint density at radius 2 is 2.00 bits per heavy atom. The average Bonchev–Trinajstić information content (AvgIpc) is 3.36. The van der Waals surface area contributed by atoms with Gasteiger partial charge in [-0.2, -0.15) is 4.98 Å². The Bertz CT molecular complexity index is 1120. The van der Waals surface area contributed by atoms with E-state index in [0.29, 0.717) is 43.5 Å². The Morgan fingerprint density at radius 3 is 2.71 bits per heavy atom. The van der Waals surface area contributed by atoms with Crippen molar-refractivity contribution in [3.05, 3.63) is 23.9 Å². The molecule has 4 rings (SSSR count). The Kier molecular flexibility index (Phi) is 7.85. The summed E-state index contributed by atoms with van der Waals surface area (Å²) in [6.07, 6.45) is 0.916. The second kappa shape index (κ2) is 10.8. The average molecular weight is 485 g/mol. The molecule has 1 aliphatic rings. The molecule has 2 aromatic heterocycles. The quantitative estimate of drug-likeness (QED) is 0.309. The van der Waals surface area contributed by atoms with Crippen LogP contribution >= 0.6 is 11.3 Å². The number of rotatable bonds is 10. The van der Waals surface area contributed by atoms with Gasteiger partial charge in [0.25, 0.3) is 0 Å². The third kappa shape index (κ3) is 5.11. The van der Waals surface area contributed by atoms with E-state index in [1.807, 2.05) is 20.9 Å². The summed E-state index contributed by atoms with van der Waals surface area (Å²) in [6, 6.07) is 6.45. The molecule has 9 heteroatoms. The fourth-order valence-electron chi connectivity index (χ4n) is 4.74. The maximum atomic E-state index is 9.83. The molecule has 0 bridgehead atoms. The van der Waals surface area contributed by atoms with Crippen LogP contribution in [0.15, 0.2) is 18.2 Å². The number of thiazole rings is 1. The van der Waals surface area contributed by atoms with E-state index in [9.17, 15) is 5.11 Å². The highest BCUT2D eigenvalue weighted by Crippen LogP contribution is 2.41. The van der Waals surface area contributed by atoms with Crippen LogP contribution in [0.25, 0.3) is 20.8 Å². The smallest absolute Gasteiger partial charge is 0.224 e. The van der Waals surface area contributed by atoms with E-state index < -0.39 is 0 Å². The number of aromatic nitrogens is 3. The van der Waals surface area contributed by atoms with Crippen LogP contribution in [0, 0.1) is 24.7 Å². The lowest BCUT2D eigenvalue weighted by Crippen LogP contribution is -2.25. The number of aliphatic hydroxyl groups excluding tert-OH is 1. The Morgan fingerprint density at radius 1 is 1.18 bits per heavy atom. The van der Waals surface area contributed by atoms with Gasteiger partial charge >= 0.3 is 0 Å². The van der Waals surface area contributed by atoms with Crippen molar-refractivity contribution in [1.82, 2.24) is 15.0 Å². The lowest BCUT2D eigenvalue weighted by molar-refractivity contribution is 0.158. The van der Waals surface area contributed by atoms with Crippen molar-refractivity contribution >= 4 is 39.0 Å². The minimum Gasteiger partial charge on any atom is -0.396 e. The van der Waals surface area contributed by atoms with Crippen molar-refractivity contribution in [3.8, 4) is 10.6 Å². The molecule has 0 saturated heterocycles. The molecular formula is C25H36N6O2S. The van der Waals surface area contributed by atoms with E-state index in [4.69, 9.17) is 19.7 Å².